The number of amides is 2. The molecule has 2 amide bonds. The normalized spacial score (nSPS) is 17.0. The summed E-state index contributed by atoms with van der Waals surface area (Å²) >= 11 is 0. The number of hydrogen-bond donors (Lipinski definition) is 2. The molecule has 1 aromatic heterocycles. The van der Waals surface area contributed by atoms with Crippen molar-refractivity contribution < 1.29 is 19.5 Å². The number of hydrogen-bond acceptors (Lipinski definition) is 4. The highest BCUT2D eigenvalue weighted by molar-refractivity contribution is 6.25. The Balaban J connectivity index is 1.15. The predicted octanol–water partition coefficient (Wildman–Crippen LogP) is 4.49. The Hall–Kier alpha value is -3.97. The molecule has 3 aromatic carbocycles. The van der Waals surface area contributed by atoms with Crippen LogP contribution >= 0.6 is 0 Å². The number of nitrogens with one attached hydrogen (secondary N) is 1. The number of aromatic nitrogens is 1. The molecule has 0 spiro atoms. The summed E-state index contributed by atoms with van der Waals surface area (Å²) in [5, 5.41) is 12.1. The molecule has 4 aromatic rings. The molecule has 0 unspecified atom stereocenters. The zero-order valence-electron chi connectivity index (χ0n) is 19.2. The maximum absolute atomic E-state index is 13.1. The number of piperidine rings is 1. The lowest BCUT2D eigenvalue weighted by molar-refractivity contribution is 0.0584. The molecule has 7 nitrogen and oxygen atoms in total. The Bertz CT molecular complexity index is 1450. The fraction of sp³-hybridized carbons (Fsp3) is 0.250. The molecule has 3 heterocycles. The number of carbonyl (C=O) groups is 3. The average molecular weight is 468 g/mol. The lowest BCUT2D eigenvalue weighted by Crippen LogP contribution is -2.45. The summed E-state index contributed by atoms with van der Waals surface area (Å²) in [6.45, 7) is 2.63. The minimum Gasteiger partial charge on any atom is -0.478 e. The van der Waals surface area contributed by atoms with Crippen molar-refractivity contribution in [1.29, 1.82) is 0 Å². The third-order valence-electron chi connectivity index (χ3n) is 7.49. The number of carboxylic acids is 1. The molecule has 6 rings (SSSR count). The van der Waals surface area contributed by atoms with Crippen LogP contribution in [0.15, 0.2) is 60.8 Å². The van der Waals surface area contributed by atoms with E-state index in [9.17, 15) is 19.5 Å². The summed E-state index contributed by atoms with van der Waals surface area (Å²) in [5.41, 5.74) is 3.41. The molecule has 0 atom stereocenters. The first kappa shape index (κ1) is 21.6. The summed E-state index contributed by atoms with van der Waals surface area (Å²) in [6, 6.07) is 16.5. The number of carboxylic acid groups (broad SMARTS) is 1. The summed E-state index contributed by atoms with van der Waals surface area (Å²) < 4.78 is 0. The highest BCUT2D eigenvalue weighted by atomic mass is 16.4. The lowest BCUT2D eigenvalue weighted by atomic mass is 9.88. The van der Waals surface area contributed by atoms with E-state index in [1.165, 1.54) is 4.90 Å². The van der Waals surface area contributed by atoms with Crippen molar-refractivity contribution in [3.63, 3.8) is 0 Å². The van der Waals surface area contributed by atoms with Gasteiger partial charge in [-0.2, -0.15) is 0 Å². The molecule has 0 bridgehead atoms. The molecule has 2 N–H and O–H groups in total. The summed E-state index contributed by atoms with van der Waals surface area (Å²) in [4.78, 5) is 44.9. The number of imide groups is 1. The van der Waals surface area contributed by atoms with Gasteiger partial charge in [0, 0.05) is 46.7 Å². The number of benzene rings is 3. The largest absolute Gasteiger partial charge is 0.478 e. The van der Waals surface area contributed by atoms with Crippen LogP contribution in [-0.4, -0.2) is 63.9 Å². The maximum atomic E-state index is 13.1. The standard InChI is InChI=1S/C28H25N3O4/c32-26-19-6-1-4-18-5-2-7-20(24(18)19)27(33)31(26)15-14-30-12-10-17(11-13-30)22-16-29-23-9-3-8-21(25(22)23)28(34)35/h1-9,16-17,29H,10-15H2,(H,34,35). The van der Waals surface area contributed by atoms with Gasteiger partial charge < -0.3 is 15.0 Å². The smallest absolute Gasteiger partial charge is 0.336 e. The van der Waals surface area contributed by atoms with Crippen molar-refractivity contribution in [1.82, 2.24) is 14.8 Å². The first-order valence-electron chi connectivity index (χ1n) is 12.0. The van der Waals surface area contributed by atoms with Crippen molar-refractivity contribution in [2.75, 3.05) is 26.2 Å². The number of H-pyrrole nitrogens is 1. The van der Waals surface area contributed by atoms with E-state index in [1.54, 1.807) is 24.3 Å². The average Bonchev–Trinajstić information content (AvgIpc) is 3.32. The van der Waals surface area contributed by atoms with E-state index in [2.05, 4.69) is 9.88 Å². The highest BCUT2D eigenvalue weighted by Crippen LogP contribution is 2.35. The summed E-state index contributed by atoms with van der Waals surface area (Å²) in [7, 11) is 0. The Morgan fingerprint density at radius 3 is 2.20 bits per heavy atom. The van der Waals surface area contributed by atoms with Crippen molar-refractivity contribution >= 4 is 39.5 Å². The van der Waals surface area contributed by atoms with Crippen molar-refractivity contribution in [2.45, 2.75) is 18.8 Å². The Morgan fingerprint density at radius 1 is 0.886 bits per heavy atom. The molecule has 2 aliphatic heterocycles. The maximum Gasteiger partial charge on any atom is 0.336 e. The molecule has 2 aliphatic rings. The fourth-order valence-electron chi connectivity index (χ4n) is 5.70. The first-order valence-corrected chi connectivity index (χ1v) is 12.0. The predicted molar refractivity (Wildman–Crippen MR) is 133 cm³/mol. The molecular weight excluding hydrogens is 442 g/mol. The second kappa shape index (κ2) is 8.36. The molecule has 0 aliphatic carbocycles. The second-order valence-electron chi connectivity index (χ2n) is 9.36. The van der Waals surface area contributed by atoms with Crippen molar-refractivity contribution in [3.05, 3.63) is 83.0 Å². The monoisotopic (exact) mass is 467 g/mol. The van der Waals surface area contributed by atoms with Crippen LogP contribution in [0.2, 0.25) is 0 Å². The fourth-order valence-corrected chi connectivity index (χ4v) is 5.70. The van der Waals surface area contributed by atoms with Crippen LogP contribution < -0.4 is 0 Å². The summed E-state index contributed by atoms with van der Waals surface area (Å²) in [5.74, 6) is -1.10. The van der Waals surface area contributed by atoms with Crippen molar-refractivity contribution in [2.24, 2.45) is 0 Å². The summed E-state index contributed by atoms with van der Waals surface area (Å²) in [6.07, 6.45) is 3.73. The topological polar surface area (TPSA) is 93.7 Å². The van der Waals surface area contributed by atoms with Gasteiger partial charge in [-0.3, -0.25) is 14.5 Å². The number of carbonyl (C=O) groups excluding carboxylic acids is 2. The van der Waals surface area contributed by atoms with E-state index >= 15 is 0 Å². The van der Waals surface area contributed by atoms with Gasteiger partial charge in [0.15, 0.2) is 0 Å². The molecule has 176 valence electrons. The Labute approximate surface area is 201 Å². The van der Waals surface area contributed by atoms with Gasteiger partial charge in [-0.1, -0.05) is 30.3 Å². The third kappa shape index (κ3) is 3.51. The molecule has 0 radical (unpaired) electrons. The lowest BCUT2D eigenvalue weighted by Gasteiger charge is -2.34. The quantitative estimate of drug-likeness (QED) is 0.422. The Morgan fingerprint density at radius 2 is 1.54 bits per heavy atom. The zero-order chi connectivity index (χ0) is 24.1. The van der Waals surface area contributed by atoms with Gasteiger partial charge in [0.25, 0.3) is 11.8 Å². The number of nitrogens with zero attached hydrogens (tertiary/aromatic N) is 2. The van der Waals surface area contributed by atoms with Crippen LogP contribution in [0.4, 0.5) is 0 Å². The van der Waals surface area contributed by atoms with E-state index in [0.29, 0.717) is 29.8 Å². The molecule has 1 saturated heterocycles. The van der Waals surface area contributed by atoms with Crippen LogP contribution in [0.5, 0.6) is 0 Å². The van der Waals surface area contributed by atoms with Gasteiger partial charge in [-0.25, -0.2) is 4.79 Å². The minimum atomic E-state index is -0.915. The SMILES string of the molecule is O=C(O)c1cccc2[nH]cc(C3CCN(CCN4C(=O)c5cccc6cccc(c56)C4=O)CC3)c12. The van der Waals surface area contributed by atoms with Crippen LogP contribution in [0.1, 0.15) is 55.4 Å². The second-order valence-corrected chi connectivity index (χ2v) is 9.36. The molecule has 0 saturated carbocycles. The van der Waals surface area contributed by atoms with Gasteiger partial charge in [0.2, 0.25) is 0 Å². The number of rotatable bonds is 5. The van der Waals surface area contributed by atoms with E-state index in [1.807, 2.05) is 36.5 Å². The highest BCUT2D eigenvalue weighted by Gasteiger charge is 2.33. The van der Waals surface area contributed by atoms with E-state index in [-0.39, 0.29) is 17.7 Å². The van der Waals surface area contributed by atoms with Crippen LogP contribution in [-0.2, 0) is 0 Å². The van der Waals surface area contributed by atoms with Gasteiger partial charge in [0.05, 0.1) is 5.56 Å². The van der Waals surface area contributed by atoms with Crippen LogP contribution in [0.25, 0.3) is 21.7 Å². The van der Waals surface area contributed by atoms with Gasteiger partial charge in [0.1, 0.15) is 0 Å². The third-order valence-corrected chi connectivity index (χ3v) is 7.49. The van der Waals surface area contributed by atoms with E-state index < -0.39 is 5.97 Å². The van der Waals surface area contributed by atoms with E-state index in [4.69, 9.17) is 0 Å². The zero-order valence-corrected chi connectivity index (χ0v) is 19.2. The Kier molecular flexibility index (Phi) is 5.15. The van der Waals surface area contributed by atoms with E-state index in [0.717, 1.165) is 53.2 Å². The van der Waals surface area contributed by atoms with Crippen molar-refractivity contribution in [3.8, 4) is 0 Å². The van der Waals surface area contributed by atoms with Gasteiger partial charge >= 0.3 is 5.97 Å². The van der Waals surface area contributed by atoms with Crippen LogP contribution in [0.3, 0.4) is 0 Å². The first-order chi connectivity index (χ1) is 17.0. The van der Waals surface area contributed by atoms with Crippen LogP contribution in [0, 0.1) is 0 Å². The number of aromatic amines is 1. The van der Waals surface area contributed by atoms with Gasteiger partial charge in [-0.05, 0) is 67.1 Å². The molecule has 7 heteroatoms. The molecule has 35 heavy (non-hydrogen) atoms. The minimum absolute atomic E-state index is 0.228. The van der Waals surface area contributed by atoms with Gasteiger partial charge in [-0.15, -0.1) is 0 Å². The number of aromatic carboxylic acids is 1. The molecule has 1 fully saturated rings. The molecular formula is C28H25N3O4. The number of likely N-dealkylation sites (tertiary alicyclic amines) is 1. The number of fused-ring (bicyclic) bond motifs is 1.